The first-order valence-electron chi connectivity index (χ1n) is 11.1. The zero-order valence-corrected chi connectivity index (χ0v) is 20.7. The van der Waals surface area contributed by atoms with Crippen LogP contribution in [-0.2, 0) is 39.1 Å². The van der Waals surface area contributed by atoms with Gasteiger partial charge in [0.05, 0.1) is 29.4 Å². The van der Waals surface area contributed by atoms with Crippen LogP contribution in [0.1, 0.15) is 29.3 Å². The molecule has 1 aromatic carbocycles. The number of nitrogens with zero attached hydrogens (tertiary/aromatic N) is 1. The maximum absolute atomic E-state index is 14.2. The van der Waals surface area contributed by atoms with E-state index in [1.807, 2.05) is 0 Å². The predicted octanol–water partition coefficient (Wildman–Crippen LogP) is -1.48. The van der Waals surface area contributed by atoms with E-state index in [4.69, 9.17) is 9.92 Å². The van der Waals surface area contributed by atoms with Crippen LogP contribution in [0.5, 0.6) is 5.75 Å². The SMILES string of the molecule is CN(C)C1C(=O)C(C(N)=O)C(=O)C2(OS(C)(=O)=O)C(=O)C3C(=O)c4c(O)cccc4C(C)(O)C3CC12. The number of likely N-dealkylation sites (N-methyl/N-ethyl adjacent to an activating group) is 1. The summed E-state index contributed by atoms with van der Waals surface area (Å²) in [6, 6.07) is 2.61. The molecule has 2 saturated carbocycles. The van der Waals surface area contributed by atoms with Crippen molar-refractivity contribution < 1.29 is 46.8 Å². The molecule has 1 aromatic rings. The molecule has 0 aromatic heterocycles. The first-order valence-corrected chi connectivity index (χ1v) is 12.9. The van der Waals surface area contributed by atoms with Crippen LogP contribution in [0.25, 0.3) is 0 Å². The van der Waals surface area contributed by atoms with Gasteiger partial charge in [-0.05, 0) is 39.1 Å². The van der Waals surface area contributed by atoms with Gasteiger partial charge < -0.3 is 15.9 Å². The molecule has 3 aliphatic carbocycles. The summed E-state index contributed by atoms with van der Waals surface area (Å²) < 4.78 is 29.9. The molecule has 0 radical (unpaired) electrons. The number of carbonyl (C=O) groups excluding carboxylic acids is 5. The first kappa shape index (κ1) is 26.1. The number of benzene rings is 1. The van der Waals surface area contributed by atoms with Gasteiger partial charge in [0.25, 0.3) is 10.1 Å². The van der Waals surface area contributed by atoms with E-state index in [0.29, 0.717) is 6.26 Å². The number of phenols is 1. The molecule has 1 amide bonds. The Morgan fingerprint density at radius 3 is 2.28 bits per heavy atom. The normalized spacial score (nSPS) is 36.3. The van der Waals surface area contributed by atoms with Crippen molar-refractivity contribution in [2.24, 2.45) is 29.4 Å². The second kappa shape index (κ2) is 8.00. The summed E-state index contributed by atoms with van der Waals surface area (Å²) in [6.07, 6.45) is 0.220. The molecule has 4 rings (SSSR count). The number of aliphatic hydroxyl groups is 1. The second-order valence-electron chi connectivity index (χ2n) is 10.0. The van der Waals surface area contributed by atoms with Gasteiger partial charge in [0.15, 0.2) is 29.1 Å². The van der Waals surface area contributed by atoms with Crippen molar-refractivity contribution in [3.63, 3.8) is 0 Å². The van der Waals surface area contributed by atoms with Gasteiger partial charge in [0, 0.05) is 11.8 Å². The molecule has 12 nitrogen and oxygen atoms in total. The van der Waals surface area contributed by atoms with E-state index in [-0.39, 0.29) is 17.5 Å². The first-order chi connectivity index (χ1) is 16.5. The van der Waals surface area contributed by atoms with Crippen LogP contribution in [0.15, 0.2) is 18.2 Å². The van der Waals surface area contributed by atoms with Crippen LogP contribution >= 0.6 is 0 Å². The minimum atomic E-state index is -4.58. The molecule has 0 bridgehead atoms. The molecular weight excluding hydrogens is 496 g/mol. The number of ketones is 4. The number of rotatable bonds is 4. The van der Waals surface area contributed by atoms with Crippen LogP contribution in [0.4, 0.5) is 0 Å². The topological polar surface area (TPSA) is 198 Å². The molecular formula is C23H26N2O10S. The molecule has 13 heteroatoms. The highest BCUT2D eigenvalue weighted by Gasteiger charge is 2.73. The Morgan fingerprint density at radius 1 is 1.14 bits per heavy atom. The summed E-state index contributed by atoms with van der Waals surface area (Å²) in [5.41, 5.74) is 0.202. The van der Waals surface area contributed by atoms with Crippen LogP contribution in [0.3, 0.4) is 0 Å². The minimum absolute atomic E-state index is 0.0444. The summed E-state index contributed by atoms with van der Waals surface area (Å²) >= 11 is 0. The zero-order chi connectivity index (χ0) is 27.1. The highest BCUT2D eigenvalue weighted by Crippen LogP contribution is 2.56. The second-order valence-corrected chi connectivity index (χ2v) is 11.6. The van der Waals surface area contributed by atoms with Gasteiger partial charge in [-0.2, -0.15) is 8.42 Å². The van der Waals surface area contributed by atoms with E-state index in [1.165, 1.54) is 44.1 Å². The van der Waals surface area contributed by atoms with Crippen molar-refractivity contribution in [1.82, 2.24) is 4.90 Å². The summed E-state index contributed by atoms with van der Waals surface area (Å²) in [4.78, 5) is 68.2. The summed E-state index contributed by atoms with van der Waals surface area (Å²) in [6.45, 7) is 1.33. The highest BCUT2D eigenvalue weighted by atomic mass is 32.2. The summed E-state index contributed by atoms with van der Waals surface area (Å²) in [5, 5.41) is 21.9. The number of phenolic OH excluding ortho intramolecular Hbond substituents is 1. The smallest absolute Gasteiger partial charge is 0.265 e. The molecule has 7 unspecified atom stereocenters. The summed E-state index contributed by atoms with van der Waals surface area (Å²) in [5.74, 6) is -13.3. The van der Waals surface area contributed by atoms with Crippen molar-refractivity contribution in [2.75, 3.05) is 20.4 Å². The lowest BCUT2D eigenvalue weighted by molar-refractivity contribution is -0.183. The molecule has 36 heavy (non-hydrogen) atoms. The average Bonchev–Trinajstić information content (AvgIpc) is 2.72. The number of Topliss-reactive ketones (excluding diaryl/α,β-unsaturated/α-hetero) is 4. The Hall–Kier alpha value is -3.00. The standard InChI is InChI=1S/C23H26N2O10S/c1-22(32)9-6-5-7-12(26)13(9)17(27)14-10(22)8-11-16(25(2)3)18(28)15(21(24)31)20(30)23(11,19(14)29)35-36(4,33)34/h5-7,10-11,14-16,26,32H,8H2,1-4H3,(H2,24,31). The number of amides is 1. The van der Waals surface area contributed by atoms with E-state index in [1.54, 1.807) is 0 Å². The average molecular weight is 523 g/mol. The molecule has 0 aliphatic heterocycles. The van der Waals surface area contributed by atoms with E-state index in [2.05, 4.69) is 0 Å². The van der Waals surface area contributed by atoms with Crippen molar-refractivity contribution in [2.45, 2.75) is 30.6 Å². The number of hydrogen-bond donors (Lipinski definition) is 3. The molecule has 2 fully saturated rings. The maximum atomic E-state index is 14.2. The molecule has 7 atom stereocenters. The van der Waals surface area contributed by atoms with Crippen molar-refractivity contribution in [3.05, 3.63) is 29.3 Å². The fourth-order valence-electron chi connectivity index (χ4n) is 6.24. The van der Waals surface area contributed by atoms with Gasteiger partial charge >= 0.3 is 0 Å². The van der Waals surface area contributed by atoms with Gasteiger partial charge in [-0.3, -0.25) is 28.9 Å². The number of hydrogen-bond acceptors (Lipinski definition) is 11. The quantitative estimate of drug-likeness (QED) is 0.308. The van der Waals surface area contributed by atoms with Crippen LogP contribution in [-0.4, -0.2) is 84.6 Å². The van der Waals surface area contributed by atoms with E-state index >= 15 is 0 Å². The molecule has 194 valence electrons. The highest BCUT2D eigenvalue weighted by molar-refractivity contribution is 7.86. The molecule has 4 N–H and O–H groups in total. The third kappa shape index (κ3) is 3.37. The van der Waals surface area contributed by atoms with Gasteiger partial charge in [0.2, 0.25) is 11.5 Å². The van der Waals surface area contributed by atoms with Crippen molar-refractivity contribution in [3.8, 4) is 5.75 Å². The van der Waals surface area contributed by atoms with Crippen LogP contribution < -0.4 is 5.73 Å². The maximum Gasteiger partial charge on any atom is 0.265 e. The fraction of sp³-hybridized carbons (Fsp3) is 0.522. The van der Waals surface area contributed by atoms with Crippen molar-refractivity contribution >= 4 is 39.2 Å². The largest absolute Gasteiger partial charge is 0.507 e. The fourth-order valence-corrected chi connectivity index (χ4v) is 7.00. The Kier molecular flexibility index (Phi) is 5.79. The number of carbonyl (C=O) groups is 5. The Morgan fingerprint density at radius 2 is 1.75 bits per heavy atom. The Labute approximate surface area is 206 Å². The molecule has 0 heterocycles. The number of primary amides is 1. The van der Waals surface area contributed by atoms with E-state index < -0.39 is 85.8 Å². The lowest BCUT2D eigenvalue weighted by atomic mass is 9.49. The van der Waals surface area contributed by atoms with Crippen LogP contribution in [0, 0.1) is 23.7 Å². The Bertz CT molecular complexity index is 1330. The monoisotopic (exact) mass is 522 g/mol. The van der Waals surface area contributed by atoms with Gasteiger partial charge in [-0.15, -0.1) is 0 Å². The predicted molar refractivity (Wildman–Crippen MR) is 121 cm³/mol. The number of aromatic hydroxyl groups is 1. The molecule has 3 aliphatic rings. The lowest BCUT2D eigenvalue weighted by Crippen LogP contribution is -2.76. The van der Waals surface area contributed by atoms with Gasteiger partial charge in [-0.1, -0.05) is 12.1 Å². The molecule has 0 saturated heterocycles. The Balaban J connectivity index is 2.05. The summed E-state index contributed by atoms with van der Waals surface area (Å²) in [7, 11) is -1.73. The van der Waals surface area contributed by atoms with Gasteiger partial charge in [-0.25, -0.2) is 4.18 Å². The molecule has 0 spiro atoms. The number of fused-ring (bicyclic) bond motifs is 3. The van der Waals surface area contributed by atoms with Crippen LogP contribution in [0.2, 0.25) is 0 Å². The van der Waals surface area contributed by atoms with E-state index in [9.17, 15) is 42.6 Å². The lowest BCUT2D eigenvalue weighted by Gasteiger charge is -2.56. The van der Waals surface area contributed by atoms with E-state index in [0.717, 1.165) is 0 Å². The zero-order valence-electron chi connectivity index (χ0n) is 19.9. The number of nitrogens with two attached hydrogens (primary N) is 1. The van der Waals surface area contributed by atoms with Crippen molar-refractivity contribution in [1.29, 1.82) is 0 Å². The third-order valence-corrected chi connectivity index (χ3v) is 8.19. The van der Waals surface area contributed by atoms with Gasteiger partial charge in [0.1, 0.15) is 5.75 Å². The minimum Gasteiger partial charge on any atom is -0.507 e. The third-order valence-electron chi connectivity index (χ3n) is 7.63.